The molecule has 1 nitrogen and oxygen atoms in total. The van der Waals surface area contributed by atoms with Gasteiger partial charge in [0.25, 0.3) is 0 Å². The van der Waals surface area contributed by atoms with E-state index < -0.39 is 0 Å². The highest BCUT2D eigenvalue weighted by Gasteiger charge is 2.35. The summed E-state index contributed by atoms with van der Waals surface area (Å²) in [5, 5.41) is 3.75. The molecule has 0 aliphatic heterocycles. The van der Waals surface area contributed by atoms with Crippen LogP contribution >= 0.6 is 0 Å². The van der Waals surface area contributed by atoms with Gasteiger partial charge in [-0.2, -0.15) is 0 Å². The average molecular weight is 606 g/mol. The van der Waals surface area contributed by atoms with Crippen LogP contribution in [0, 0.1) is 0 Å². The summed E-state index contributed by atoms with van der Waals surface area (Å²) in [6.07, 6.45) is 0. The van der Waals surface area contributed by atoms with Gasteiger partial charge in [0.1, 0.15) is 0 Å². The standard InChI is InChI=1S/C45H51N/c1-42(2,3)33-22-30(21-31(23-33)32-24-34(43(4,5)6)27-35(25-32)44(7,8)9)29-15-14-16-36(26-29)46-37-19-20-39-38-17-12-13-18-40(38)45(10,11)41(39)28-37/h12-28,46H,1-11H3. The maximum absolute atomic E-state index is 3.75. The van der Waals surface area contributed by atoms with E-state index in [9.17, 15) is 0 Å². The highest BCUT2D eigenvalue weighted by atomic mass is 14.9. The van der Waals surface area contributed by atoms with E-state index in [1.165, 1.54) is 61.2 Å². The fourth-order valence-corrected chi connectivity index (χ4v) is 6.78. The average Bonchev–Trinajstić information content (AvgIpc) is 3.21. The van der Waals surface area contributed by atoms with E-state index in [-0.39, 0.29) is 21.7 Å². The molecule has 0 saturated carbocycles. The third-order valence-electron chi connectivity index (χ3n) is 9.87. The summed E-state index contributed by atoms with van der Waals surface area (Å²) >= 11 is 0. The van der Waals surface area contributed by atoms with Gasteiger partial charge in [0.05, 0.1) is 0 Å². The molecule has 46 heavy (non-hydrogen) atoms. The number of anilines is 2. The Morgan fingerprint density at radius 1 is 0.413 bits per heavy atom. The molecular weight excluding hydrogens is 555 g/mol. The Hall–Kier alpha value is -4.10. The van der Waals surface area contributed by atoms with E-state index in [2.05, 4.69) is 185 Å². The first-order valence-electron chi connectivity index (χ1n) is 16.9. The molecule has 6 rings (SSSR count). The predicted molar refractivity (Wildman–Crippen MR) is 201 cm³/mol. The van der Waals surface area contributed by atoms with Gasteiger partial charge in [-0.15, -0.1) is 0 Å². The topological polar surface area (TPSA) is 12.0 Å². The van der Waals surface area contributed by atoms with Crippen molar-refractivity contribution in [2.75, 3.05) is 5.32 Å². The van der Waals surface area contributed by atoms with E-state index in [0.29, 0.717) is 0 Å². The summed E-state index contributed by atoms with van der Waals surface area (Å²) in [7, 11) is 0. The van der Waals surface area contributed by atoms with Crippen molar-refractivity contribution in [1.82, 2.24) is 0 Å². The molecule has 0 radical (unpaired) electrons. The Balaban J connectivity index is 1.40. The van der Waals surface area contributed by atoms with Crippen molar-refractivity contribution in [2.45, 2.75) is 97.8 Å². The molecule has 0 spiro atoms. The molecule has 0 aromatic heterocycles. The second-order valence-corrected chi connectivity index (χ2v) is 17.0. The summed E-state index contributed by atoms with van der Waals surface area (Å²) in [5.74, 6) is 0. The zero-order valence-corrected chi connectivity index (χ0v) is 29.8. The summed E-state index contributed by atoms with van der Waals surface area (Å²) in [4.78, 5) is 0. The number of nitrogens with one attached hydrogen (secondary N) is 1. The van der Waals surface area contributed by atoms with Gasteiger partial charge in [0, 0.05) is 16.8 Å². The van der Waals surface area contributed by atoms with Crippen LogP contribution < -0.4 is 5.32 Å². The van der Waals surface area contributed by atoms with Crippen molar-refractivity contribution in [2.24, 2.45) is 0 Å². The Labute approximate surface area is 278 Å². The van der Waals surface area contributed by atoms with E-state index in [1.807, 2.05) is 0 Å². The maximum atomic E-state index is 3.75. The van der Waals surface area contributed by atoms with Gasteiger partial charge in [-0.05, 0) is 108 Å². The lowest BCUT2D eigenvalue weighted by molar-refractivity contribution is 0.569. The second kappa shape index (κ2) is 11.0. The summed E-state index contributed by atoms with van der Waals surface area (Å²) in [6.45, 7) is 25.5. The fourth-order valence-electron chi connectivity index (χ4n) is 6.78. The summed E-state index contributed by atoms with van der Waals surface area (Å²) in [5.41, 5.74) is 17.0. The minimum Gasteiger partial charge on any atom is -0.356 e. The summed E-state index contributed by atoms with van der Waals surface area (Å²) < 4.78 is 0. The number of benzene rings is 5. The lowest BCUT2D eigenvalue weighted by Gasteiger charge is -2.27. The van der Waals surface area contributed by atoms with Crippen molar-refractivity contribution < 1.29 is 0 Å². The van der Waals surface area contributed by atoms with Crippen molar-refractivity contribution in [3.8, 4) is 33.4 Å². The number of hydrogen-bond donors (Lipinski definition) is 1. The molecule has 0 bridgehead atoms. The fraction of sp³-hybridized carbons (Fsp3) is 0.333. The molecule has 0 fully saturated rings. The molecule has 0 saturated heterocycles. The van der Waals surface area contributed by atoms with Crippen molar-refractivity contribution in [1.29, 1.82) is 0 Å². The van der Waals surface area contributed by atoms with Crippen LogP contribution in [0.3, 0.4) is 0 Å². The third kappa shape index (κ3) is 6.05. The normalized spacial score (nSPS) is 14.2. The van der Waals surface area contributed by atoms with Crippen LogP contribution in [0.2, 0.25) is 0 Å². The Bertz CT molecular complexity index is 1900. The van der Waals surface area contributed by atoms with Crippen LogP contribution in [0.1, 0.15) is 104 Å². The van der Waals surface area contributed by atoms with E-state index in [1.54, 1.807) is 0 Å². The van der Waals surface area contributed by atoms with Crippen LogP contribution in [0.25, 0.3) is 33.4 Å². The highest BCUT2D eigenvalue weighted by molar-refractivity contribution is 5.83. The zero-order valence-electron chi connectivity index (χ0n) is 29.8. The van der Waals surface area contributed by atoms with Crippen LogP contribution in [-0.4, -0.2) is 0 Å². The molecule has 1 N–H and O–H groups in total. The van der Waals surface area contributed by atoms with E-state index in [4.69, 9.17) is 0 Å². The minimum atomic E-state index is -0.0214. The monoisotopic (exact) mass is 605 g/mol. The molecule has 1 aliphatic carbocycles. The van der Waals surface area contributed by atoms with Crippen LogP contribution in [0.15, 0.2) is 103 Å². The molecule has 0 atom stereocenters. The van der Waals surface area contributed by atoms with Crippen molar-refractivity contribution in [3.05, 3.63) is 131 Å². The molecule has 5 aromatic rings. The largest absolute Gasteiger partial charge is 0.356 e. The van der Waals surface area contributed by atoms with Gasteiger partial charge in [-0.1, -0.05) is 149 Å². The summed E-state index contributed by atoms with van der Waals surface area (Å²) in [6, 6.07) is 39.0. The Kier molecular flexibility index (Phi) is 7.63. The van der Waals surface area contributed by atoms with Crippen LogP contribution in [-0.2, 0) is 21.7 Å². The molecule has 0 amide bonds. The van der Waals surface area contributed by atoms with E-state index in [0.717, 1.165) is 11.4 Å². The molecule has 1 heteroatoms. The van der Waals surface area contributed by atoms with Crippen LogP contribution in [0.5, 0.6) is 0 Å². The first-order valence-corrected chi connectivity index (χ1v) is 16.9. The minimum absolute atomic E-state index is 0.0178. The van der Waals surface area contributed by atoms with Gasteiger partial charge in [0.15, 0.2) is 0 Å². The molecular formula is C45H51N. The van der Waals surface area contributed by atoms with Gasteiger partial charge in [-0.3, -0.25) is 0 Å². The number of hydrogen-bond acceptors (Lipinski definition) is 1. The van der Waals surface area contributed by atoms with Gasteiger partial charge >= 0.3 is 0 Å². The molecule has 1 aliphatic rings. The Morgan fingerprint density at radius 2 is 0.913 bits per heavy atom. The SMILES string of the molecule is CC(C)(C)c1cc(-c2cccc(Nc3ccc4c(c3)C(C)(C)c3ccccc3-4)c2)cc(-c2cc(C(C)(C)C)cc(C(C)(C)C)c2)c1. The smallest absolute Gasteiger partial charge is 0.0390 e. The quantitative estimate of drug-likeness (QED) is 0.215. The molecule has 0 heterocycles. The van der Waals surface area contributed by atoms with Crippen molar-refractivity contribution in [3.63, 3.8) is 0 Å². The van der Waals surface area contributed by atoms with Gasteiger partial charge in [0.2, 0.25) is 0 Å². The van der Waals surface area contributed by atoms with E-state index >= 15 is 0 Å². The van der Waals surface area contributed by atoms with Crippen LogP contribution in [0.4, 0.5) is 11.4 Å². The van der Waals surface area contributed by atoms with Crippen molar-refractivity contribution >= 4 is 11.4 Å². The zero-order chi connectivity index (χ0) is 33.2. The molecule has 5 aromatic carbocycles. The van der Waals surface area contributed by atoms with Gasteiger partial charge in [-0.25, -0.2) is 0 Å². The molecule has 236 valence electrons. The lowest BCUT2D eigenvalue weighted by Crippen LogP contribution is -2.16. The second-order valence-electron chi connectivity index (χ2n) is 17.0. The number of fused-ring (bicyclic) bond motifs is 3. The highest BCUT2D eigenvalue weighted by Crippen LogP contribution is 2.49. The third-order valence-corrected chi connectivity index (χ3v) is 9.87. The van der Waals surface area contributed by atoms with Gasteiger partial charge < -0.3 is 5.32 Å². The number of rotatable bonds is 4. The Morgan fingerprint density at radius 3 is 1.52 bits per heavy atom. The lowest BCUT2D eigenvalue weighted by atomic mass is 9.78. The first kappa shape index (κ1) is 31.9. The first-order chi connectivity index (χ1) is 21.4. The predicted octanol–water partition coefficient (Wildman–Crippen LogP) is 13.0. The molecule has 0 unspecified atom stereocenters. The maximum Gasteiger partial charge on any atom is 0.0390 e.